The van der Waals surface area contributed by atoms with E-state index in [1.54, 1.807) is 50.2 Å². The lowest BCUT2D eigenvalue weighted by molar-refractivity contribution is -0.147. The molecule has 0 aliphatic carbocycles. The van der Waals surface area contributed by atoms with E-state index in [1.165, 1.54) is 12.1 Å². The molecule has 204 valence electrons. The summed E-state index contributed by atoms with van der Waals surface area (Å²) in [5.74, 6) is -2.10. The maximum absolute atomic E-state index is 12.1. The number of benzene rings is 2. The molecule has 0 aliphatic rings. The van der Waals surface area contributed by atoms with Gasteiger partial charge in [-0.2, -0.15) is 0 Å². The van der Waals surface area contributed by atoms with Gasteiger partial charge in [-0.25, -0.2) is 9.59 Å². The van der Waals surface area contributed by atoms with Crippen molar-refractivity contribution in [2.45, 2.75) is 53.1 Å². The number of ether oxygens (including phenoxy) is 3. The number of esters is 3. The lowest BCUT2D eigenvalue weighted by atomic mass is 10.2. The minimum Gasteiger partial charge on any atom is -0.462 e. The van der Waals surface area contributed by atoms with Crippen molar-refractivity contribution >= 4 is 41.1 Å². The fraction of sp³-hybridized carbons (Fsp3) is 0.393. The lowest BCUT2D eigenvalue weighted by Crippen LogP contribution is -2.21. The van der Waals surface area contributed by atoms with Gasteiger partial charge < -0.3 is 24.8 Å². The number of anilines is 2. The molecule has 0 aliphatic heterocycles. The van der Waals surface area contributed by atoms with Crippen LogP contribution in [0.3, 0.4) is 0 Å². The molecule has 0 unspecified atom stereocenters. The molecule has 2 aromatic carbocycles. The number of carbonyl (C=O) groups excluding carboxylic acids is 5. The minimum atomic E-state index is -0.607. The summed E-state index contributed by atoms with van der Waals surface area (Å²) in [4.78, 5) is 59.9. The fourth-order valence-electron chi connectivity index (χ4n) is 3.02. The fourth-order valence-corrected chi connectivity index (χ4v) is 3.02. The first-order valence-corrected chi connectivity index (χ1v) is 12.4. The Morgan fingerprint density at radius 3 is 1.74 bits per heavy atom. The molecule has 0 spiro atoms. The van der Waals surface area contributed by atoms with Gasteiger partial charge in [0.2, 0.25) is 5.91 Å². The van der Waals surface area contributed by atoms with Crippen molar-refractivity contribution in [3.8, 4) is 0 Å². The number of hydrogen-bond acceptors (Lipinski definition) is 8. The van der Waals surface area contributed by atoms with Gasteiger partial charge >= 0.3 is 17.9 Å². The van der Waals surface area contributed by atoms with E-state index in [4.69, 9.17) is 14.2 Å². The Hall–Kier alpha value is -4.21. The normalized spacial score (nSPS) is 10.6. The van der Waals surface area contributed by atoms with Gasteiger partial charge in [0.15, 0.2) is 6.61 Å². The Labute approximate surface area is 222 Å². The molecule has 2 N–H and O–H groups in total. The smallest absolute Gasteiger partial charge is 0.338 e. The maximum Gasteiger partial charge on any atom is 0.338 e. The van der Waals surface area contributed by atoms with Crippen LogP contribution in [0.5, 0.6) is 0 Å². The average Bonchev–Trinajstić information content (AvgIpc) is 2.86. The molecule has 2 rings (SSSR count). The predicted molar refractivity (Wildman–Crippen MR) is 141 cm³/mol. The van der Waals surface area contributed by atoms with Crippen molar-refractivity contribution in [2.75, 3.05) is 23.8 Å². The van der Waals surface area contributed by atoms with Crippen LogP contribution in [0.2, 0.25) is 0 Å². The first-order valence-electron chi connectivity index (χ1n) is 12.4. The van der Waals surface area contributed by atoms with Gasteiger partial charge in [-0.3, -0.25) is 14.4 Å². The standard InChI is InChI=1S/C28H34N2O8/c1-18(2)16-37-27(34)20-8-12-23(13-9-20)30-25(32)17-36-26(33)7-5-6-24(31)29-22-14-10-21(11-15-22)28(35)38-19(3)4/h8-15,18-19H,5-7,16-17H2,1-4H3,(H,29,31)(H,30,32). The highest BCUT2D eigenvalue weighted by Gasteiger charge is 2.12. The summed E-state index contributed by atoms with van der Waals surface area (Å²) in [6.07, 6.45) is 0.0472. The molecule has 0 radical (unpaired) electrons. The predicted octanol–water partition coefficient (Wildman–Crippen LogP) is 4.36. The van der Waals surface area contributed by atoms with Crippen molar-refractivity contribution < 1.29 is 38.2 Å². The molecule has 2 amide bonds. The maximum atomic E-state index is 12.1. The molecule has 38 heavy (non-hydrogen) atoms. The van der Waals surface area contributed by atoms with Crippen molar-refractivity contribution in [3.05, 3.63) is 59.7 Å². The van der Waals surface area contributed by atoms with E-state index in [9.17, 15) is 24.0 Å². The Morgan fingerprint density at radius 2 is 1.21 bits per heavy atom. The molecule has 0 saturated carbocycles. The average molecular weight is 527 g/mol. The van der Waals surface area contributed by atoms with Crippen LogP contribution in [-0.2, 0) is 28.6 Å². The van der Waals surface area contributed by atoms with E-state index < -0.39 is 30.4 Å². The second-order valence-corrected chi connectivity index (χ2v) is 9.21. The van der Waals surface area contributed by atoms with Crippen LogP contribution in [0.25, 0.3) is 0 Å². The number of carbonyl (C=O) groups is 5. The van der Waals surface area contributed by atoms with Crippen molar-refractivity contribution in [1.29, 1.82) is 0 Å². The first kappa shape index (κ1) is 30.0. The van der Waals surface area contributed by atoms with Crippen molar-refractivity contribution in [2.24, 2.45) is 5.92 Å². The highest BCUT2D eigenvalue weighted by molar-refractivity contribution is 5.95. The number of nitrogens with one attached hydrogen (secondary N) is 2. The number of rotatable bonds is 13. The van der Waals surface area contributed by atoms with Crippen LogP contribution in [-0.4, -0.2) is 49.0 Å². The monoisotopic (exact) mass is 526 g/mol. The Morgan fingerprint density at radius 1 is 0.684 bits per heavy atom. The third-order valence-electron chi connectivity index (χ3n) is 4.85. The number of amides is 2. The summed E-state index contributed by atoms with van der Waals surface area (Å²) in [5, 5.41) is 5.26. The van der Waals surface area contributed by atoms with Crippen LogP contribution < -0.4 is 10.6 Å². The zero-order chi connectivity index (χ0) is 28.1. The van der Waals surface area contributed by atoms with Gasteiger partial charge in [0.25, 0.3) is 5.91 Å². The lowest BCUT2D eigenvalue weighted by Gasteiger charge is -2.09. The zero-order valence-corrected chi connectivity index (χ0v) is 22.1. The number of hydrogen-bond donors (Lipinski definition) is 2. The summed E-state index contributed by atoms with van der Waals surface area (Å²) in [7, 11) is 0. The third kappa shape index (κ3) is 11.2. The zero-order valence-electron chi connectivity index (χ0n) is 22.1. The van der Waals surface area contributed by atoms with Crippen LogP contribution >= 0.6 is 0 Å². The van der Waals surface area contributed by atoms with Gasteiger partial charge in [0.05, 0.1) is 23.8 Å². The van der Waals surface area contributed by atoms with Crippen LogP contribution in [0, 0.1) is 5.92 Å². The molecule has 0 heterocycles. The largest absolute Gasteiger partial charge is 0.462 e. The van der Waals surface area contributed by atoms with E-state index in [0.717, 1.165) is 0 Å². The van der Waals surface area contributed by atoms with Crippen LogP contribution in [0.15, 0.2) is 48.5 Å². The van der Waals surface area contributed by atoms with Crippen molar-refractivity contribution in [3.63, 3.8) is 0 Å². The Balaban J connectivity index is 1.65. The van der Waals surface area contributed by atoms with Gasteiger partial charge in [0, 0.05) is 24.2 Å². The Kier molecular flexibility index (Phi) is 12.0. The van der Waals surface area contributed by atoms with E-state index in [1.807, 2.05) is 13.8 Å². The Bertz CT molecular complexity index is 1110. The molecule has 0 bridgehead atoms. The second-order valence-electron chi connectivity index (χ2n) is 9.21. The molecule has 0 fully saturated rings. The highest BCUT2D eigenvalue weighted by Crippen LogP contribution is 2.13. The van der Waals surface area contributed by atoms with Crippen LogP contribution in [0.4, 0.5) is 11.4 Å². The topological polar surface area (TPSA) is 137 Å². The summed E-state index contributed by atoms with van der Waals surface area (Å²) in [6, 6.07) is 12.5. The molecule has 0 saturated heterocycles. The molecule has 2 aromatic rings. The van der Waals surface area contributed by atoms with Crippen LogP contribution in [0.1, 0.15) is 67.7 Å². The molecule has 0 aromatic heterocycles. The molecule has 0 atom stereocenters. The molecular formula is C28H34N2O8. The minimum absolute atomic E-state index is 0.0339. The third-order valence-corrected chi connectivity index (χ3v) is 4.85. The quantitative estimate of drug-likeness (QED) is 0.290. The summed E-state index contributed by atoms with van der Waals surface area (Å²) in [5.41, 5.74) is 1.69. The van der Waals surface area contributed by atoms with Crippen molar-refractivity contribution in [1.82, 2.24) is 0 Å². The first-order chi connectivity index (χ1) is 18.0. The molecular weight excluding hydrogens is 492 g/mol. The summed E-state index contributed by atoms with van der Waals surface area (Å²) < 4.78 is 15.2. The van der Waals surface area contributed by atoms with Gasteiger partial charge in [-0.15, -0.1) is 0 Å². The SMILES string of the molecule is CC(C)COC(=O)c1ccc(NC(=O)COC(=O)CCCC(=O)Nc2ccc(C(=O)OC(C)C)cc2)cc1. The summed E-state index contributed by atoms with van der Waals surface area (Å²) in [6.45, 7) is 7.23. The summed E-state index contributed by atoms with van der Waals surface area (Å²) >= 11 is 0. The van der Waals surface area contributed by atoms with Gasteiger partial charge in [-0.05, 0) is 74.7 Å². The second kappa shape index (κ2) is 15.1. The van der Waals surface area contributed by atoms with E-state index in [2.05, 4.69) is 10.6 Å². The van der Waals surface area contributed by atoms with E-state index >= 15 is 0 Å². The van der Waals surface area contributed by atoms with E-state index in [0.29, 0.717) is 29.1 Å². The molecule has 10 heteroatoms. The van der Waals surface area contributed by atoms with Gasteiger partial charge in [-0.1, -0.05) is 13.8 Å². The van der Waals surface area contributed by atoms with E-state index in [-0.39, 0.29) is 37.2 Å². The highest BCUT2D eigenvalue weighted by atomic mass is 16.5. The molecule has 10 nitrogen and oxygen atoms in total. The van der Waals surface area contributed by atoms with Gasteiger partial charge in [0.1, 0.15) is 0 Å².